The van der Waals surface area contributed by atoms with Gasteiger partial charge in [-0.1, -0.05) is 103 Å². The summed E-state index contributed by atoms with van der Waals surface area (Å²) in [6.45, 7) is 0.854. The zero-order valence-corrected chi connectivity index (χ0v) is 25.0. The van der Waals surface area contributed by atoms with E-state index in [-0.39, 0.29) is 0 Å². The number of hydrogen-bond acceptors (Lipinski definition) is 3. The third kappa shape index (κ3) is 5.25. The Morgan fingerprint density at radius 3 is 2.09 bits per heavy atom. The number of benzene rings is 5. The number of dihydropyridines is 1. The predicted octanol–water partition coefficient (Wildman–Crippen LogP) is 9.98. The molecule has 0 saturated heterocycles. The molecule has 5 aromatic carbocycles. The molecule has 0 fully saturated rings. The highest BCUT2D eigenvalue weighted by Gasteiger charge is 2.19. The number of rotatable bonds is 6. The normalized spacial score (nSPS) is 14.4. The van der Waals surface area contributed by atoms with E-state index in [2.05, 4.69) is 149 Å². The van der Waals surface area contributed by atoms with Crippen LogP contribution in [0.2, 0.25) is 0 Å². The third-order valence-electron chi connectivity index (χ3n) is 8.56. The molecule has 0 spiro atoms. The van der Waals surface area contributed by atoms with Crippen molar-refractivity contribution in [1.82, 2.24) is 9.55 Å². The fourth-order valence-corrected chi connectivity index (χ4v) is 6.26. The molecule has 4 heteroatoms. The predicted molar refractivity (Wildman–Crippen MR) is 188 cm³/mol. The van der Waals surface area contributed by atoms with Crippen LogP contribution in [-0.2, 0) is 0 Å². The van der Waals surface area contributed by atoms with Gasteiger partial charge in [-0.05, 0) is 89.1 Å². The van der Waals surface area contributed by atoms with Crippen LogP contribution < -0.4 is 0 Å². The van der Waals surface area contributed by atoms with E-state index in [9.17, 15) is 0 Å². The monoisotopic (exact) mass is 580 g/mol. The van der Waals surface area contributed by atoms with Crippen molar-refractivity contribution in [1.29, 1.82) is 0 Å². The Hall–Kier alpha value is -5.61. The zero-order chi connectivity index (χ0) is 30.0. The number of aliphatic imine (C=N–C) groups is 2. The molecular weight excluding hydrogens is 548 g/mol. The SMILES string of the molecule is C1=CC(c2ccc(-c3ccc(-c4ccc(C5=CCCC=N5)cc4)c(-c4nc5ccccc5n4-c4ccccc4)c3)cc2)=NCC1. The molecule has 0 amide bonds. The molecule has 0 N–H and O–H groups in total. The number of para-hydroxylation sites is 3. The summed E-state index contributed by atoms with van der Waals surface area (Å²) in [5.74, 6) is 0.918. The Morgan fingerprint density at radius 2 is 1.31 bits per heavy atom. The van der Waals surface area contributed by atoms with E-state index in [1.165, 1.54) is 0 Å². The van der Waals surface area contributed by atoms with Crippen molar-refractivity contribution in [3.63, 3.8) is 0 Å². The lowest BCUT2D eigenvalue weighted by Crippen LogP contribution is -2.02. The Kier molecular flexibility index (Phi) is 7.08. The summed E-state index contributed by atoms with van der Waals surface area (Å²) in [5, 5.41) is 0. The van der Waals surface area contributed by atoms with Crippen LogP contribution in [0.15, 0.2) is 150 Å². The molecule has 0 saturated carbocycles. The standard InChI is InChI=1S/C41H32N4/c1-2-10-34(11-3-1)45-40-15-5-4-14-39(40)44-41(45)36-28-33(29-16-20-31(21-17-29)37-12-6-8-26-42-37)24-25-35(36)30-18-22-32(23-19-30)38-13-7-9-27-43-38/h1-6,10-25,27-28H,7-9,26H2. The largest absolute Gasteiger partial charge is 0.292 e. The van der Waals surface area contributed by atoms with Crippen molar-refractivity contribution in [2.24, 2.45) is 9.98 Å². The Morgan fingerprint density at radius 1 is 0.578 bits per heavy atom. The minimum atomic E-state index is 0.854. The van der Waals surface area contributed by atoms with Gasteiger partial charge >= 0.3 is 0 Å². The van der Waals surface area contributed by atoms with Gasteiger partial charge in [0.25, 0.3) is 0 Å². The van der Waals surface area contributed by atoms with Crippen molar-refractivity contribution in [3.8, 4) is 39.3 Å². The highest BCUT2D eigenvalue weighted by molar-refractivity contribution is 6.09. The lowest BCUT2D eigenvalue weighted by atomic mass is 9.93. The second-order valence-corrected chi connectivity index (χ2v) is 11.4. The molecule has 2 aliphatic rings. The first kappa shape index (κ1) is 27.0. The van der Waals surface area contributed by atoms with Crippen molar-refractivity contribution in [2.75, 3.05) is 6.54 Å². The Balaban J connectivity index is 1.29. The van der Waals surface area contributed by atoms with Crippen molar-refractivity contribution < 1.29 is 0 Å². The molecule has 6 aromatic rings. The molecule has 2 aliphatic heterocycles. The van der Waals surface area contributed by atoms with Crippen molar-refractivity contribution >= 4 is 28.7 Å². The molecule has 0 bridgehead atoms. The molecular formula is C41H32N4. The van der Waals surface area contributed by atoms with E-state index in [0.29, 0.717) is 0 Å². The van der Waals surface area contributed by atoms with Crippen molar-refractivity contribution in [3.05, 3.63) is 151 Å². The fraction of sp³-hybridized carbons (Fsp3) is 0.0976. The molecule has 0 atom stereocenters. The van der Waals surface area contributed by atoms with Crippen LogP contribution >= 0.6 is 0 Å². The Labute approximate surface area is 263 Å². The average Bonchev–Trinajstić information content (AvgIpc) is 3.52. The van der Waals surface area contributed by atoms with E-state index in [4.69, 9.17) is 9.98 Å². The van der Waals surface area contributed by atoms with Gasteiger partial charge in [0.05, 0.1) is 22.4 Å². The Bertz CT molecular complexity index is 2130. The van der Waals surface area contributed by atoms with E-state index in [0.717, 1.165) is 98.7 Å². The lowest BCUT2D eigenvalue weighted by Gasteiger charge is -2.16. The van der Waals surface area contributed by atoms with Gasteiger partial charge in [-0.2, -0.15) is 0 Å². The van der Waals surface area contributed by atoms with Gasteiger partial charge in [0, 0.05) is 24.0 Å². The van der Waals surface area contributed by atoms with Crippen LogP contribution in [0.3, 0.4) is 0 Å². The second kappa shape index (κ2) is 11.8. The topological polar surface area (TPSA) is 42.5 Å². The first-order chi connectivity index (χ1) is 22.3. The van der Waals surface area contributed by atoms with Crippen LogP contribution in [0.1, 0.15) is 30.4 Å². The van der Waals surface area contributed by atoms with E-state index in [1.54, 1.807) is 0 Å². The highest BCUT2D eigenvalue weighted by Crippen LogP contribution is 2.39. The summed E-state index contributed by atoms with van der Waals surface area (Å²) < 4.78 is 2.28. The maximum absolute atomic E-state index is 5.26. The van der Waals surface area contributed by atoms with Gasteiger partial charge in [0.2, 0.25) is 0 Å². The summed E-state index contributed by atoms with van der Waals surface area (Å²) in [6, 6.07) is 43.2. The van der Waals surface area contributed by atoms with E-state index >= 15 is 0 Å². The molecule has 0 aliphatic carbocycles. The summed E-state index contributed by atoms with van der Waals surface area (Å²) in [5.41, 5.74) is 13.2. The minimum Gasteiger partial charge on any atom is -0.292 e. The molecule has 0 unspecified atom stereocenters. The fourth-order valence-electron chi connectivity index (χ4n) is 6.26. The van der Waals surface area contributed by atoms with Gasteiger partial charge in [-0.3, -0.25) is 14.6 Å². The number of allylic oxidation sites excluding steroid dienone is 2. The number of imidazole rings is 1. The molecule has 3 heterocycles. The molecule has 8 rings (SSSR count). The van der Waals surface area contributed by atoms with Crippen LogP contribution in [0, 0.1) is 0 Å². The minimum absolute atomic E-state index is 0.854. The van der Waals surface area contributed by atoms with Crippen LogP contribution in [-0.4, -0.2) is 28.0 Å². The molecule has 0 radical (unpaired) electrons. The average molecular weight is 581 g/mol. The summed E-state index contributed by atoms with van der Waals surface area (Å²) in [4.78, 5) is 14.6. The third-order valence-corrected chi connectivity index (χ3v) is 8.56. The molecule has 216 valence electrons. The number of aromatic nitrogens is 2. The second-order valence-electron chi connectivity index (χ2n) is 11.4. The molecule has 4 nitrogen and oxygen atoms in total. The first-order valence-electron chi connectivity index (χ1n) is 15.6. The van der Waals surface area contributed by atoms with Crippen LogP contribution in [0.5, 0.6) is 0 Å². The zero-order valence-electron chi connectivity index (χ0n) is 25.0. The van der Waals surface area contributed by atoms with Crippen LogP contribution in [0.4, 0.5) is 0 Å². The maximum atomic E-state index is 5.26. The highest BCUT2D eigenvalue weighted by atomic mass is 15.1. The van der Waals surface area contributed by atoms with Crippen molar-refractivity contribution in [2.45, 2.75) is 19.3 Å². The van der Waals surface area contributed by atoms with Gasteiger partial charge in [0.15, 0.2) is 0 Å². The molecule has 45 heavy (non-hydrogen) atoms. The van der Waals surface area contributed by atoms with E-state index < -0.39 is 0 Å². The maximum Gasteiger partial charge on any atom is 0.146 e. The summed E-state index contributed by atoms with van der Waals surface area (Å²) >= 11 is 0. The van der Waals surface area contributed by atoms with Gasteiger partial charge < -0.3 is 0 Å². The number of fused-ring (bicyclic) bond motifs is 1. The quantitative estimate of drug-likeness (QED) is 0.193. The smallest absolute Gasteiger partial charge is 0.146 e. The van der Waals surface area contributed by atoms with Crippen LogP contribution in [0.25, 0.3) is 56.1 Å². The number of nitrogens with zero attached hydrogens (tertiary/aromatic N) is 4. The lowest BCUT2D eigenvalue weighted by molar-refractivity contribution is 0.994. The first-order valence-corrected chi connectivity index (χ1v) is 15.6. The summed E-state index contributed by atoms with van der Waals surface area (Å²) in [6.07, 6.45) is 11.6. The van der Waals surface area contributed by atoms with Gasteiger partial charge in [-0.15, -0.1) is 0 Å². The molecule has 1 aromatic heterocycles. The van der Waals surface area contributed by atoms with Gasteiger partial charge in [0.1, 0.15) is 5.82 Å². The van der Waals surface area contributed by atoms with Gasteiger partial charge in [-0.25, -0.2) is 4.98 Å². The number of hydrogen-bond donors (Lipinski definition) is 0. The summed E-state index contributed by atoms with van der Waals surface area (Å²) in [7, 11) is 0. The van der Waals surface area contributed by atoms with E-state index in [1.807, 2.05) is 6.21 Å².